The predicted molar refractivity (Wildman–Crippen MR) is 126 cm³/mol. The molecule has 2 fully saturated rings. The SMILES string of the molecule is CCNC(=NCc1ccc(OC)c(OC)c1)N1CC2OCCN(Cc3ccccc3)C2C1. The number of rotatable bonds is 7. The van der Waals surface area contributed by atoms with Gasteiger partial charge in [0.25, 0.3) is 0 Å². The molecule has 32 heavy (non-hydrogen) atoms. The maximum atomic E-state index is 6.15. The lowest BCUT2D eigenvalue weighted by atomic mass is 10.1. The molecule has 2 aromatic rings. The number of hydrogen-bond donors (Lipinski definition) is 1. The molecule has 172 valence electrons. The summed E-state index contributed by atoms with van der Waals surface area (Å²) >= 11 is 0. The van der Waals surface area contributed by atoms with E-state index in [4.69, 9.17) is 19.2 Å². The van der Waals surface area contributed by atoms with Gasteiger partial charge in [0.1, 0.15) is 0 Å². The van der Waals surface area contributed by atoms with Gasteiger partial charge in [-0.1, -0.05) is 36.4 Å². The van der Waals surface area contributed by atoms with Gasteiger partial charge in [-0.3, -0.25) is 4.90 Å². The number of fused-ring (bicyclic) bond motifs is 1. The molecular formula is C25H34N4O3. The fourth-order valence-electron chi connectivity index (χ4n) is 4.52. The molecule has 2 aliphatic heterocycles. The quantitative estimate of drug-likeness (QED) is 0.530. The van der Waals surface area contributed by atoms with Crippen molar-refractivity contribution in [1.82, 2.24) is 15.1 Å². The number of benzene rings is 2. The Bertz CT molecular complexity index is 905. The number of nitrogens with zero attached hydrogens (tertiary/aromatic N) is 3. The van der Waals surface area contributed by atoms with Crippen LogP contribution in [0.3, 0.4) is 0 Å². The Labute approximate surface area is 191 Å². The average molecular weight is 439 g/mol. The summed E-state index contributed by atoms with van der Waals surface area (Å²) in [6.07, 6.45) is 0.206. The smallest absolute Gasteiger partial charge is 0.194 e. The topological polar surface area (TPSA) is 58.6 Å². The van der Waals surface area contributed by atoms with Gasteiger partial charge in [0.05, 0.1) is 39.5 Å². The molecule has 4 rings (SSSR count). The Morgan fingerprint density at radius 3 is 2.62 bits per heavy atom. The second-order valence-electron chi connectivity index (χ2n) is 8.20. The van der Waals surface area contributed by atoms with E-state index in [1.807, 2.05) is 18.2 Å². The largest absolute Gasteiger partial charge is 0.493 e. The lowest BCUT2D eigenvalue weighted by Crippen LogP contribution is -2.50. The van der Waals surface area contributed by atoms with E-state index in [1.54, 1.807) is 14.2 Å². The summed E-state index contributed by atoms with van der Waals surface area (Å²) in [5, 5.41) is 3.47. The molecule has 0 radical (unpaired) electrons. The highest BCUT2D eigenvalue weighted by molar-refractivity contribution is 5.80. The summed E-state index contributed by atoms with van der Waals surface area (Å²) in [6, 6.07) is 17.0. The number of nitrogens with one attached hydrogen (secondary N) is 1. The first-order chi connectivity index (χ1) is 15.7. The van der Waals surface area contributed by atoms with Gasteiger partial charge in [-0.15, -0.1) is 0 Å². The van der Waals surface area contributed by atoms with Crippen molar-refractivity contribution in [2.24, 2.45) is 4.99 Å². The number of hydrogen-bond acceptors (Lipinski definition) is 5. The Morgan fingerprint density at radius 2 is 1.88 bits per heavy atom. The van der Waals surface area contributed by atoms with Gasteiger partial charge in [-0.2, -0.15) is 0 Å². The molecule has 0 bridgehead atoms. The molecule has 7 heteroatoms. The lowest BCUT2D eigenvalue weighted by molar-refractivity contribution is -0.0502. The molecule has 0 aromatic heterocycles. The van der Waals surface area contributed by atoms with Crippen molar-refractivity contribution in [1.29, 1.82) is 0 Å². The monoisotopic (exact) mass is 438 g/mol. The van der Waals surface area contributed by atoms with E-state index in [9.17, 15) is 0 Å². The van der Waals surface area contributed by atoms with Gasteiger partial charge in [0, 0.05) is 32.7 Å². The molecule has 0 amide bonds. The maximum Gasteiger partial charge on any atom is 0.194 e. The minimum atomic E-state index is 0.206. The van der Waals surface area contributed by atoms with Crippen molar-refractivity contribution in [3.8, 4) is 11.5 Å². The first-order valence-electron chi connectivity index (χ1n) is 11.4. The average Bonchev–Trinajstić information content (AvgIpc) is 3.27. The highest BCUT2D eigenvalue weighted by atomic mass is 16.5. The summed E-state index contributed by atoms with van der Waals surface area (Å²) in [5.41, 5.74) is 2.43. The Hall–Kier alpha value is -2.77. The van der Waals surface area contributed by atoms with Gasteiger partial charge in [0.15, 0.2) is 17.5 Å². The van der Waals surface area contributed by atoms with Crippen LogP contribution in [0.2, 0.25) is 0 Å². The summed E-state index contributed by atoms with van der Waals surface area (Å²) in [7, 11) is 3.30. The number of guanidine groups is 1. The van der Waals surface area contributed by atoms with Gasteiger partial charge < -0.3 is 24.4 Å². The lowest BCUT2D eigenvalue weighted by Gasteiger charge is -2.36. The zero-order valence-electron chi connectivity index (χ0n) is 19.3. The molecule has 2 aliphatic rings. The van der Waals surface area contributed by atoms with E-state index < -0.39 is 0 Å². The Morgan fingerprint density at radius 1 is 1.06 bits per heavy atom. The summed E-state index contributed by atoms with van der Waals surface area (Å²) in [5.74, 6) is 2.38. The molecule has 1 N–H and O–H groups in total. The van der Waals surface area contributed by atoms with Crippen LogP contribution in [0.1, 0.15) is 18.1 Å². The molecule has 0 spiro atoms. The number of ether oxygens (including phenoxy) is 3. The van der Waals surface area contributed by atoms with Crippen molar-refractivity contribution in [3.05, 3.63) is 59.7 Å². The van der Waals surface area contributed by atoms with Gasteiger partial charge in [-0.05, 0) is 30.2 Å². The third kappa shape index (κ3) is 5.16. The van der Waals surface area contributed by atoms with E-state index in [2.05, 4.69) is 52.4 Å². The highest BCUT2D eigenvalue weighted by Gasteiger charge is 2.41. The summed E-state index contributed by atoms with van der Waals surface area (Å²) < 4.78 is 16.9. The summed E-state index contributed by atoms with van der Waals surface area (Å²) in [4.78, 5) is 9.82. The standard InChI is InChI=1S/C25H34N4O3/c1-4-26-25(27-15-20-10-11-22(30-2)23(14-20)31-3)29-17-21-24(18-29)32-13-12-28(21)16-19-8-6-5-7-9-19/h5-11,14,21,24H,4,12-13,15-18H2,1-3H3,(H,26,27). The molecular weight excluding hydrogens is 404 g/mol. The van der Waals surface area contributed by atoms with E-state index in [-0.39, 0.29) is 6.10 Å². The maximum absolute atomic E-state index is 6.15. The first kappa shape index (κ1) is 22.4. The van der Waals surface area contributed by atoms with Crippen LogP contribution >= 0.6 is 0 Å². The van der Waals surface area contributed by atoms with Crippen molar-refractivity contribution in [3.63, 3.8) is 0 Å². The first-order valence-corrected chi connectivity index (χ1v) is 11.4. The minimum Gasteiger partial charge on any atom is -0.493 e. The Kier molecular flexibility index (Phi) is 7.50. The van der Waals surface area contributed by atoms with E-state index in [0.717, 1.165) is 62.4 Å². The zero-order valence-corrected chi connectivity index (χ0v) is 19.3. The zero-order chi connectivity index (χ0) is 22.3. The second-order valence-corrected chi connectivity index (χ2v) is 8.20. The molecule has 2 heterocycles. The van der Waals surface area contributed by atoms with Crippen molar-refractivity contribution < 1.29 is 14.2 Å². The fourth-order valence-corrected chi connectivity index (χ4v) is 4.52. The van der Waals surface area contributed by atoms with Crippen LogP contribution in [0.25, 0.3) is 0 Å². The molecule has 2 unspecified atom stereocenters. The number of methoxy groups -OCH3 is 2. The molecule has 0 saturated carbocycles. The number of morpholine rings is 1. The van der Waals surface area contributed by atoms with Gasteiger partial charge in [0.2, 0.25) is 0 Å². The van der Waals surface area contributed by atoms with Gasteiger partial charge >= 0.3 is 0 Å². The van der Waals surface area contributed by atoms with E-state index >= 15 is 0 Å². The minimum absolute atomic E-state index is 0.206. The molecule has 7 nitrogen and oxygen atoms in total. The van der Waals surface area contributed by atoms with E-state index in [1.165, 1.54) is 5.56 Å². The molecule has 0 aliphatic carbocycles. The molecule has 2 saturated heterocycles. The van der Waals surface area contributed by atoms with Crippen LogP contribution in [-0.2, 0) is 17.8 Å². The number of likely N-dealkylation sites (tertiary alicyclic amines) is 1. The Balaban J connectivity index is 1.46. The van der Waals surface area contributed by atoms with Crippen LogP contribution in [0.15, 0.2) is 53.5 Å². The van der Waals surface area contributed by atoms with Crippen LogP contribution in [0.5, 0.6) is 11.5 Å². The highest BCUT2D eigenvalue weighted by Crippen LogP contribution is 2.28. The van der Waals surface area contributed by atoms with Crippen LogP contribution < -0.4 is 14.8 Å². The van der Waals surface area contributed by atoms with Gasteiger partial charge in [-0.25, -0.2) is 4.99 Å². The van der Waals surface area contributed by atoms with Crippen molar-refractivity contribution in [2.75, 3.05) is 47.0 Å². The molecule has 2 atom stereocenters. The second kappa shape index (κ2) is 10.7. The van der Waals surface area contributed by atoms with Crippen molar-refractivity contribution in [2.45, 2.75) is 32.2 Å². The van der Waals surface area contributed by atoms with Crippen LogP contribution in [-0.4, -0.2) is 74.9 Å². The summed E-state index contributed by atoms with van der Waals surface area (Å²) in [6.45, 7) is 7.97. The number of aliphatic imine (C=N–C) groups is 1. The third-order valence-electron chi connectivity index (χ3n) is 6.14. The van der Waals surface area contributed by atoms with Crippen LogP contribution in [0.4, 0.5) is 0 Å². The third-order valence-corrected chi connectivity index (χ3v) is 6.14. The fraction of sp³-hybridized carbons (Fsp3) is 0.480. The molecule has 2 aromatic carbocycles. The van der Waals surface area contributed by atoms with Crippen LogP contribution in [0, 0.1) is 0 Å². The normalized spacial score (nSPS) is 21.3. The van der Waals surface area contributed by atoms with Crippen molar-refractivity contribution >= 4 is 5.96 Å². The predicted octanol–water partition coefficient (Wildman–Crippen LogP) is 2.75. The van der Waals surface area contributed by atoms with E-state index in [0.29, 0.717) is 12.6 Å².